The SMILES string of the molecule is c1ccc(N2c3ccccc3C(c3ccc(N4c5ccccc5[Si](c5ccccc5)(c5ccccc5)c5ccccc54)cc3)(c3ccc4sc5ccccc5c4c3)c3ccccc32)cc1. The minimum atomic E-state index is -2.74. The van der Waals surface area contributed by atoms with E-state index in [9.17, 15) is 0 Å². The zero-order valence-electron chi connectivity index (χ0n) is 35.6. The van der Waals surface area contributed by atoms with E-state index >= 15 is 0 Å². The maximum Gasteiger partial charge on any atom is 0.184 e. The van der Waals surface area contributed by atoms with Gasteiger partial charge in [-0.25, -0.2) is 0 Å². The van der Waals surface area contributed by atoms with Gasteiger partial charge in [0.15, 0.2) is 8.07 Å². The molecule has 0 fully saturated rings. The van der Waals surface area contributed by atoms with Crippen LogP contribution in [0.25, 0.3) is 20.2 Å². The molecule has 0 saturated heterocycles. The Morgan fingerprint density at radius 3 is 1.35 bits per heavy atom. The fraction of sp³-hybridized carbons (Fsp3) is 0.0164. The van der Waals surface area contributed by atoms with Gasteiger partial charge in [0.25, 0.3) is 0 Å². The highest BCUT2D eigenvalue weighted by molar-refractivity contribution is 7.25. The number of fused-ring (bicyclic) bond motifs is 7. The van der Waals surface area contributed by atoms with Crippen LogP contribution in [-0.2, 0) is 5.41 Å². The minimum Gasteiger partial charge on any atom is -0.311 e. The van der Waals surface area contributed by atoms with Gasteiger partial charge >= 0.3 is 0 Å². The molecule has 0 unspecified atom stereocenters. The van der Waals surface area contributed by atoms with Gasteiger partial charge in [0, 0.05) is 42.9 Å². The van der Waals surface area contributed by atoms with Crippen molar-refractivity contribution in [1.29, 1.82) is 0 Å². The third-order valence-electron chi connectivity index (χ3n) is 14.0. The first-order chi connectivity index (χ1) is 32.3. The molecule has 10 aromatic carbocycles. The summed E-state index contributed by atoms with van der Waals surface area (Å²) < 4.78 is 2.61. The topological polar surface area (TPSA) is 6.48 Å². The van der Waals surface area contributed by atoms with Crippen LogP contribution in [0.4, 0.5) is 34.1 Å². The summed E-state index contributed by atoms with van der Waals surface area (Å²) in [6.07, 6.45) is 0. The molecule has 0 spiro atoms. The van der Waals surface area contributed by atoms with Crippen LogP contribution in [-0.4, -0.2) is 8.07 Å². The van der Waals surface area contributed by atoms with Crippen LogP contribution >= 0.6 is 11.3 Å². The summed E-state index contributed by atoms with van der Waals surface area (Å²) in [6, 6.07) is 95.5. The van der Waals surface area contributed by atoms with Gasteiger partial charge in [-0.3, -0.25) is 0 Å². The van der Waals surface area contributed by atoms with Crippen molar-refractivity contribution in [2.24, 2.45) is 0 Å². The van der Waals surface area contributed by atoms with Crippen LogP contribution in [0.2, 0.25) is 0 Å². The normalized spacial score (nSPS) is 14.3. The summed E-state index contributed by atoms with van der Waals surface area (Å²) in [4.78, 5) is 4.97. The summed E-state index contributed by atoms with van der Waals surface area (Å²) in [5, 5.41) is 8.16. The van der Waals surface area contributed by atoms with E-state index in [2.05, 4.69) is 265 Å². The molecule has 1 aromatic heterocycles. The van der Waals surface area contributed by atoms with Crippen LogP contribution in [0.1, 0.15) is 22.3 Å². The first kappa shape index (κ1) is 37.8. The molecule has 0 amide bonds. The van der Waals surface area contributed by atoms with E-state index in [4.69, 9.17) is 0 Å². The lowest BCUT2D eigenvalue weighted by atomic mass is 9.62. The average Bonchev–Trinajstić information content (AvgIpc) is 3.76. The van der Waals surface area contributed by atoms with E-state index in [1.165, 1.54) is 85.9 Å². The van der Waals surface area contributed by atoms with E-state index in [0.717, 1.165) is 11.4 Å². The smallest absolute Gasteiger partial charge is 0.184 e. The molecular weight excluding hydrogens is 821 g/mol. The highest BCUT2D eigenvalue weighted by Crippen LogP contribution is 2.58. The van der Waals surface area contributed by atoms with Crippen LogP contribution in [0.15, 0.2) is 255 Å². The van der Waals surface area contributed by atoms with E-state index < -0.39 is 13.5 Å². The molecule has 0 radical (unpaired) electrons. The Labute approximate surface area is 384 Å². The van der Waals surface area contributed by atoms with E-state index in [1.807, 2.05) is 11.3 Å². The third kappa shape index (κ3) is 5.45. The molecule has 0 N–H and O–H groups in total. The molecular formula is C61H42N2SSi. The van der Waals surface area contributed by atoms with Crippen molar-refractivity contribution in [2.75, 3.05) is 9.80 Å². The fourth-order valence-electron chi connectivity index (χ4n) is 11.4. The molecule has 2 aliphatic heterocycles. The number of hydrogen-bond acceptors (Lipinski definition) is 3. The van der Waals surface area contributed by atoms with Crippen molar-refractivity contribution < 1.29 is 0 Å². The number of anilines is 6. The van der Waals surface area contributed by atoms with Crippen LogP contribution in [0.5, 0.6) is 0 Å². The summed E-state index contributed by atoms with van der Waals surface area (Å²) in [6.45, 7) is 0. The van der Waals surface area contributed by atoms with E-state index in [-0.39, 0.29) is 0 Å². The van der Waals surface area contributed by atoms with Gasteiger partial charge < -0.3 is 9.80 Å². The lowest BCUT2D eigenvalue weighted by Crippen LogP contribution is -2.77. The van der Waals surface area contributed by atoms with Crippen molar-refractivity contribution in [2.45, 2.75) is 5.41 Å². The number of rotatable bonds is 6. The van der Waals surface area contributed by atoms with Gasteiger partial charge in [0.1, 0.15) is 0 Å². The maximum atomic E-state index is 2.52. The number of benzene rings is 10. The standard InChI is InChI=1S/C61H42N2SSi/c1-4-20-45(21-5-1)62-53-29-13-11-27-51(53)61(52-28-12-14-30-54(52)62,44-38-41-58-50(42-44)49-26-10-17-33-57(49)64-58)43-36-39-46(40-37-43)63-55-31-15-18-34-59(55)65(47-22-6-2-7-23-47,48-24-8-3-9-25-48)60-35-19-16-32-56(60)63/h1-42H. The van der Waals surface area contributed by atoms with Gasteiger partial charge in [0.05, 0.1) is 16.8 Å². The largest absolute Gasteiger partial charge is 0.311 e. The fourth-order valence-corrected chi connectivity index (χ4v) is 17.6. The predicted octanol–water partition coefficient (Wildman–Crippen LogP) is 13.4. The molecule has 11 aromatic rings. The van der Waals surface area contributed by atoms with Crippen LogP contribution < -0.4 is 30.5 Å². The highest BCUT2D eigenvalue weighted by Gasteiger charge is 2.50. The predicted molar refractivity (Wildman–Crippen MR) is 278 cm³/mol. The van der Waals surface area contributed by atoms with Gasteiger partial charge in [-0.2, -0.15) is 0 Å². The highest BCUT2D eigenvalue weighted by atomic mass is 32.1. The Morgan fingerprint density at radius 2 is 0.754 bits per heavy atom. The minimum absolute atomic E-state index is 0.644. The number of thiophene rings is 1. The Balaban J connectivity index is 1.06. The zero-order chi connectivity index (χ0) is 43.0. The molecule has 2 nitrogen and oxygen atoms in total. The quantitative estimate of drug-likeness (QED) is 0.154. The van der Waals surface area contributed by atoms with Crippen molar-refractivity contribution >= 4 is 94.5 Å². The number of hydrogen-bond donors (Lipinski definition) is 0. The second-order valence-electron chi connectivity index (χ2n) is 17.2. The molecule has 13 rings (SSSR count). The molecule has 0 atom stereocenters. The van der Waals surface area contributed by atoms with Gasteiger partial charge in [-0.1, -0.05) is 188 Å². The van der Waals surface area contributed by atoms with Crippen LogP contribution in [0, 0.1) is 0 Å². The lowest BCUT2D eigenvalue weighted by Gasteiger charge is -2.47. The Bertz CT molecular complexity index is 3430. The monoisotopic (exact) mass is 862 g/mol. The second kappa shape index (κ2) is 14.9. The summed E-state index contributed by atoms with van der Waals surface area (Å²) in [7, 11) is -2.74. The van der Waals surface area contributed by atoms with Crippen molar-refractivity contribution in [3.05, 3.63) is 277 Å². The molecule has 3 heterocycles. The first-order valence-electron chi connectivity index (χ1n) is 22.4. The van der Waals surface area contributed by atoms with Gasteiger partial charge in [-0.05, 0) is 110 Å². The lowest BCUT2D eigenvalue weighted by molar-refractivity contribution is 0.732. The van der Waals surface area contributed by atoms with Gasteiger partial charge in [0.2, 0.25) is 0 Å². The Hall–Kier alpha value is -7.76. The number of para-hydroxylation sites is 5. The molecule has 2 aliphatic rings. The molecule has 0 aliphatic carbocycles. The molecule has 0 saturated carbocycles. The summed E-state index contributed by atoms with van der Waals surface area (Å²) >= 11 is 1.87. The third-order valence-corrected chi connectivity index (χ3v) is 20.0. The molecule has 306 valence electrons. The Morgan fingerprint density at radius 1 is 0.323 bits per heavy atom. The van der Waals surface area contributed by atoms with Crippen LogP contribution in [0.3, 0.4) is 0 Å². The maximum absolute atomic E-state index is 2.74. The summed E-state index contributed by atoms with van der Waals surface area (Å²) in [5.41, 5.74) is 11.4. The second-order valence-corrected chi connectivity index (χ2v) is 22.0. The van der Waals surface area contributed by atoms with Crippen molar-refractivity contribution in [1.82, 2.24) is 0 Å². The van der Waals surface area contributed by atoms with Crippen molar-refractivity contribution in [3.8, 4) is 0 Å². The zero-order valence-corrected chi connectivity index (χ0v) is 37.4. The van der Waals surface area contributed by atoms with E-state index in [1.54, 1.807) is 0 Å². The average molecular weight is 863 g/mol. The van der Waals surface area contributed by atoms with Crippen molar-refractivity contribution in [3.63, 3.8) is 0 Å². The first-order valence-corrected chi connectivity index (χ1v) is 25.2. The Kier molecular flexibility index (Phi) is 8.67. The molecule has 65 heavy (non-hydrogen) atoms. The molecule has 4 heteroatoms. The van der Waals surface area contributed by atoms with E-state index in [0.29, 0.717) is 0 Å². The number of nitrogens with zero attached hydrogens (tertiary/aromatic N) is 2. The molecule has 0 bridgehead atoms. The summed E-state index contributed by atoms with van der Waals surface area (Å²) in [5.74, 6) is 0. The van der Waals surface area contributed by atoms with Gasteiger partial charge in [-0.15, -0.1) is 11.3 Å².